The number of aryl methyl sites for hydroxylation is 1. The molecule has 3 heterocycles. The highest BCUT2D eigenvalue weighted by Gasteiger charge is 2.17. The first-order valence-corrected chi connectivity index (χ1v) is 11.5. The summed E-state index contributed by atoms with van der Waals surface area (Å²) in [7, 11) is 2.19. The molecule has 162 valence electrons. The van der Waals surface area contributed by atoms with Crippen molar-refractivity contribution in [1.29, 1.82) is 0 Å². The molecule has 1 fully saturated rings. The van der Waals surface area contributed by atoms with Crippen LogP contribution in [-0.2, 0) is 0 Å². The normalized spacial score (nSPS) is 15.2. The Labute approximate surface area is 194 Å². The van der Waals surface area contributed by atoms with E-state index >= 15 is 0 Å². The zero-order chi connectivity index (χ0) is 22.1. The van der Waals surface area contributed by atoms with Crippen molar-refractivity contribution >= 4 is 28.3 Å². The van der Waals surface area contributed by atoms with E-state index in [-0.39, 0.29) is 0 Å². The van der Waals surface area contributed by atoms with Crippen molar-refractivity contribution in [2.24, 2.45) is 0 Å². The van der Waals surface area contributed by atoms with Crippen LogP contribution in [0, 0.1) is 6.92 Å². The van der Waals surface area contributed by atoms with Crippen molar-refractivity contribution in [2.75, 3.05) is 25.5 Å². The quantitative estimate of drug-likeness (QED) is 0.395. The highest BCUT2D eigenvalue weighted by Crippen LogP contribution is 2.28. The number of hydrogen-bond acceptors (Lipinski definition) is 4. The van der Waals surface area contributed by atoms with Crippen LogP contribution in [0.25, 0.3) is 33.3 Å². The molecule has 5 heteroatoms. The molecule has 0 amide bonds. The molecular weight excluding hydrogens is 416 g/mol. The Kier molecular flexibility index (Phi) is 5.81. The summed E-state index contributed by atoms with van der Waals surface area (Å²) in [5.74, 6) is 0.975. The molecule has 1 aliphatic heterocycles. The Bertz CT molecular complexity index is 1230. The lowest BCUT2D eigenvalue weighted by Crippen LogP contribution is -2.36. The van der Waals surface area contributed by atoms with Gasteiger partial charge < -0.3 is 10.2 Å². The number of halogens is 1. The predicted octanol–water partition coefficient (Wildman–Crippen LogP) is 6.43. The third-order valence-electron chi connectivity index (χ3n) is 6.32. The molecule has 0 unspecified atom stereocenters. The van der Waals surface area contributed by atoms with E-state index in [1.807, 2.05) is 30.5 Å². The van der Waals surface area contributed by atoms with Gasteiger partial charge in [-0.15, -0.1) is 0 Å². The van der Waals surface area contributed by atoms with Crippen molar-refractivity contribution in [3.63, 3.8) is 0 Å². The SMILES string of the molecule is Cc1cc(NC2CCN(C)CC2)nc2ccc(-c3ccc(-c4ccc(Cl)cc4)cn3)cc12. The number of anilines is 1. The third-order valence-corrected chi connectivity index (χ3v) is 6.57. The van der Waals surface area contributed by atoms with Crippen LogP contribution in [0.15, 0.2) is 66.9 Å². The lowest BCUT2D eigenvalue weighted by atomic mass is 10.0. The number of nitrogens with zero attached hydrogens (tertiary/aromatic N) is 3. The van der Waals surface area contributed by atoms with Crippen molar-refractivity contribution in [1.82, 2.24) is 14.9 Å². The van der Waals surface area contributed by atoms with Crippen LogP contribution in [-0.4, -0.2) is 41.0 Å². The van der Waals surface area contributed by atoms with Gasteiger partial charge in [0.05, 0.1) is 11.2 Å². The lowest BCUT2D eigenvalue weighted by Gasteiger charge is -2.30. The fourth-order valence-electron chi connectivity index (χ4n) is 4.37. The molecule has 0 aliphatic carbocycles. The van der Waals surface area contributed by atoms with E-state index in [9.17, 15) is 0 Å². The van der Waals surface area contributed by atoms with Crippen molar-refractivity contribution in [2.45, 2.75) is 25.8 Å². The van der Waals surface area contributed by atoms with E-state index in [4.69, 9.17) is 21.6 Å². The fraction of sp³-hybridized carbons (Fsp3) is 0.259. The summed E-state index contributed by atoms with van der Waals surface area (Å²) < 4.78 is 0. The van der Waals surface area contributed by atoms with Gasteiger partial charge in [-0.2, -0.15) is 0 Å². The van der Waals surface area contributed by atoms with Crippen LogP contribution in [0.4, 0.5) is 5.82 Å². The van der Waals surface area contributed by atoms with Gasteiger partial charge in [-0.1, -0.05) is 35.9 Å². The molecule has 0 atom stereocenters. The van der Waals surface area contributed by atoms with Crippen molar-refractivity contribution in [3.8, 4) is 22.4 Å². The third kappa shape index (κ3) is 4.47. The molecule has 0 radical (unpaired) electrons. The molecule has 4 nitrogen and oxygen atoms in total. The first-order valence-electron chi connectivity index (χ1n) is 11.1. The summed E-state index contributed by atoms with van der Waals surface area (Å²) in [4.78, 5) is 12.0. The van der Waals surface area contributed by atoms with E-state index < -0.39 is 0 Å². The summed E-state index contributed by atoms with van der Waals surface area (Å²) in [6.45, 7) is 4.43. The maximum Gasteiger partial charge on any atom is 0.127 e. The molecule has 2 aromatic carbocycles. The largest absolute Gasteiger partial charge is 0.367 e. The average molecular weight is 443 g/mol. The van der Waals surface area contributed by atoms with E-state index in [1.54, 1.807) is 0 Å². The van der Waals surface area contributed by atoms with Crippen LogP contribution < -0.4 is 5.32 Å². The number of pyridine rings is 2. The second-order valence-electron chi connectivity index (χ2n) is 8.72. The number of aromatic nitrogens is 2. The van der Waals surface area contributed by atoms with E-state index in [0.29, 0.717) is 6.04 Å². The first kappa shape index (κ1) is 20.9. The maximum absolute atomic E-state index is 6.00. The first-order chi connectivity index (χ1) is 15.5. The molecule has 1 saturated heterocycles. The number of fused-ring (bicyclic) bond motifs is 1. The molecule has 1 N–H and O–H groups in total. The summed E-state index contributed by atoms with van der Waals surface area (Å²) in [6, 6.07) is 21.1. The smallest absolute Gasteiger partial charge is 0.127 e. The summed E-state index contributed by atoms with van der Waals surface area (Å²) >= 11 is 6.00. The molecule has 32 heavy (non-hydrogen) atoms. The molecule has 0 spiro atoms. The van der Waals surface area contributed by atoms with Gasteiger partial charge in [-0.3, -0.25) is 4.98 Å². The highest BCUT2D eigenvalue weighted by atomic mass is 35.5. The van der Waals surface area contributed by atoms with E-state index in [0.717, 1.165) is 64.7 Å². The average Bonchev–Trinajstić information content (AvgIpc) is 2.81. The number of piperidine rings is 1. The standard InChI is InChI=1S/C27H27ClN4/c1-18-15-27(30-23-11-13-32(2)14-12-23)31-26-10-5-20(16-24(18)26)25-9-6-21(17-29-25)19-3-7-22(28)8-4-19/h3-10,15-17,23H,11-14H2,1-2H3,(H,30,31). The summed E-state index contributed by atoms with van der Waals surface area (Å²) in [5, 5.41) is 5.55. The second kappa shape index (κ2) is 8.89. The molecule has 5 rings (SSSR count). The topological polar surface area (TPSA) is 41.0 Å². The molecule has 1 aliphatic rings. The summed E-state index contributed by atoms with van der Waals surface area (Å²) in [6.07, 6.45) is 4.24. The minimum Gasteiger partial charge on any atom is -0.367 e. The Balaban J connectivity index is 1.38. The Morgan fingerprint density at radius 1 is 0.906 bits per heavy atom. The minimum atomic E-state index is 0.498. The van der Waals surface area contributed by atoms with Gasteiger partial charge in [0, 0.05) is 33.8 Å². The van der Waals surface area contributed by atoms with E-state index in [2.05, 4.69) is 60.6 Å². The van der Waals surface area contributed by atoms with Gasteiger partial charge in [0.15, 0.2) is 0 Å². The lowest BCUT2D eigenvalue weighted by molar-refractivity contribution is 0.263. The van der Waals surface area contributed by atoms with Gasteiger partial charge in [0.2, 0.25) is 0 Å². The zero-order valence-corrected chi connectivity index (χ0v) is 19.2. The monoisotopic (exact) mass is 442 g/mol. The highest BCUT2D eigenvalue weighted by molar-refractivity contribution is 6.30. The maximum atomic E-state index is 6.00. The zero-order valence-electron chi connectivity index (χ0n) is 18.5. The second-order valence-corrected chi connectivity index (χ2v) is 9.15. The molecular formula is C27H27ClN4. The number of benzene rings is 2. The Hall–Kier alpha value is -2.95. The number of rotatable bonds is 4. The minimum absolute atomic E-state index is 0.498. The van der Waals surface area contributed by atoms with Crippen molar-refractivity contribution in [3.05, 3.63) is 77.4 Å². The van der Waals surface area contributed by atoms with Crippen LogP contribution in [0.3, 0.4) is 0 Å². The van der Waals surface area contributed by atoms with Gasteiger partial charge >= 0.3 is 0 Å². The van der Waals surface area contributed by atoms with E-state index in [1.165, 1.54) is 10.9 Å². The van der Waals surface area contributed by atoms with Gasteiger partial charge in [0.1, 0.15) is 5.82 Å². The predicted molar refractivity (Wildman–Crippen MR) is 134 cm³/mol. The summed E-state index contributed by atoms with van der Waals surface area (Å²) in [5.41, 5.74) is 6.48. The van der Waals surface area contributed by atoms with Crippen LogP contribution >= 0.6 is 11.6 Å². The molecule has 0 bridgehead atoms. The molecule has 0 saturated carbocycles. The van der Waals surface area contributed by atoms with Crippen LogP contribution in [0.2, 0.25) is 5.02 Å². The van der Waals surface area contributed by atoms with Gasteiger partial charge in [-0.25, -0.2) is 4.98 Å². The fourth-order valence-corrected chi connectivity index (χ4v) is 4.49. The number of hydrogen-bond donors (Lipinski definition) is 1. The van der Waals surface area contributed by atoms with Gasteiger partial charge in [0.25, 0.3) is 0 Å². The van der Waals surface area contributed by atoms with Gasteiger partial charge in [-0.05, 0) is 87.4 Å². The number of nitrogens with one attached hydrogen (secondary N) is 1. The van der Waals surface area contributed by atoms with Crippen LogP contribution in [0.5, 0.6) is 0 Å². The number of likely N-dealkylation sites (tertiary alicyclic amines) is 1. The Morgan fingerprint density at radius 3 is 2.34 bits per heavy atom. The van der Waals surface area contributed by atoms with Crippen molar-refractivity contribution < 1.29 is 0 Å². The molecule has 4 aromatic rings. The Morgan fingerprint density at radius 2 is 1.62 bits per heavy atom. The molecule has 2 aromatic heterocycles. The van der Waals surface area contributed by atoms with Crippen LogP contribution in [0.1, 0.15) is 18.4 Å².